The summed E-state index contributed by atoms with van der Waals surface area (Å²) in [6.45, 7) is 6.11. The van der Waals surface area contributed by atoms with Gasteiger partial charge < -0.3 is 14.9 Å². The summed E-state index contributed by atoms with van der Waals surface area (Å²) in [5.41, 5.74) is 2.51. The molecule has 1 unspecified atom stereocenters. The molecule has 1 spiro atoms. The van der Waals surface area contributed by atoms with Crippen LogP contribution in [0.25, 0.3) is 0 Å². The van der Waals surface area contributed by atoms with E-state index in [0.717, 1.165) is 35.3 Å². The number of benzene rings is 1. The lowest BCUT2D eigenvalue weighted by atomic mass is 9.73. The van der Waals surface area contributed by atoms with Crippen LogP contribution in [0.3, 0.4) is 0 Å². The number of aliphatic hydroxyl groups excluding tert-OH is 1. The predicted octanol–water partition coefficient (Wildman–Crippen LogP) is 3.56. The van der Waals surface area contributed by atoms with Crippen LogP contribution in [-0.4, -0.2) is 15.8 Å². The van der Waals surface area contributed by atoms with Gasteiger partial charge in [-0.1, -0.05) is 13.8 Å². The molecule has 0 bridgehead atoms. The summed E-state index contributed by atoms with van der Waals surface area (Å²) in [6.07, 6.45) is 3.37. The fourth-order valence-corrected chi connectivity index (χ4v) is 3.53. The van der Waals surface area contributed by atoms with E-state index in [1.807, 2.05) is 6.92 Å². The smallest absolute Gasteiger partial charge is 0.129 e. The Bertz CT molecular complexity index is 515. The first-order chi connectivity index (χ1) is 8.93. The lowest BCUT2D eigenvalue weighted by Crippen LogP contribution is -2.47. The van der Waals surface area contributed by atoms with Crippen molar-refractivity contribution in [3.8, 4) is 11.5 Å². The van der Waals surface area contributed by atoms with Crippen LogP contribution in [0.4, 0.5) is 0 Å². The molecule has 3 nitrogen and oxygen atoms in total. The second-order valence-corrected chi connectivity index (χ2v) is 6.37. The molecule has 3 heteroatoms. The first-order valence-corrected chi connectivity index (χ1v) is 7.17. The number of ether oxygens (including phenoxy) is 1. The molecule has 1 aliphatic heterocycles. The number of phenolic OH excluding ortho intramolecular Hbond substituents is 1. The zero-order valence-electron chi connectivity index (χ0n) is 11.9. The third-order valence-electron chi connectivity index (χ3n) is 4.66. The largest absolute Gasteiger partial charge is 0.508 e. The highest BCUT2D eigenvalue weighted by Crippen LogP contribution is 2.52. The van der Waals surface area contributed by atoms with Gasteiger partial charge in [0.2, 0.25) is 0 Å². The lowest BCUT2D eigenvalue weighted by molar-refractivity contribution is -0.0670. The Morgan fingerprint density at radius 1 is 1.37 bits per heavy atom. The van der Waals surface area contributed by atoms with Gasteiger partial charge in [-0.15, -0.1) is 0 Å². The highest BCUT2D eigenvalue weighted by atomic mass is 16.5. The molecule has 0 saturated heterocycles. The number of fused-ring (bicyclic) bond motifs is 1. The SMILES string of the molecule is Cc1c2c(cc(O)c1C(C)C)C(O)CC1(CCC1)O2. The second-order valence-electron chi connectivity index (χ2n) is 6.37. The van der Waals surface area contributed by atoms with Gasteiger partial charge in [0.05, 0.1) is 6.10 Å². The quantitative estimate of drug-likeness (QED) is 0.813. The summed E-state index contributed by atoms with van der Waals surface area (Å²) >= 11 is 0. The minimum absolute atomic E-state index is 0.150. The summed E-state index contributed by atoms with van der Waals surface area (Å²) in [7, 11) is 0. The third kappa shape index (κ3) is 1.83. The van der Waals surface area contributed by atoms with Crippen LogP contribution in [0, 0.1) is 6.92 Å². The monoisotopic (exact) mass is 262 g/mol. The van der Waals surface area contributed by atoms with Crippen molar-refractivity contribution in [1.29, 1.82) is 0 Å². The van der Waals surface area contributed by atoms with Crippen LogP contribution in [-0.2, 0) is 0 Å². The zero-order chi connectivity index (χ0) is 13.8. The van der Waals surface area contributed by atoms with Crippen LogP contribution < -0.4 is 4.74 Å². The van der Waals surface area contributed by atoms with Crippen molar-refractivity contribution < 1.29 is 14.9 Å². The number of hydrogen-bond acceptors (Lipinski definition) is 3. The summed E-state index contributed by atoms with van der Waals surface area (Å²) in [6, 6.07) is 1.69. The van der Waals surface area contributed by atoms with Gasteiger partial charge in [-0.25, -0.2) is 0 Å². The topological polar surface area (TPSA) is 49.7 Å². The Kier molecular flexibility index (Phi) is 2.79. The van der Waals surface area contributed by atoms with Gasteiger partial charge in [0.15, 0.2) is 0 Å². The van der Waals surface area contributed by atoms with E-state index >= 15 is 0 Å². The summed E-state index contributed by atoms with van der Waals surface area (Å²) in [5.74, 6) is 1.32. The van der Waals surface area contributed by atoms with E-state index in [2.05, 4.69) is 13.8 Å². The Morgan fingerprint density at radius 2 is 2.05 bits per heavy atom. The van der Waals surface area contributed by atoms with Gasteiger partial charge in [0.25, 0.3) is 0 Å². The van der Waals surface area contributed by atoms with Crippen molar-refractivity contribution in [3.05, 3.63) is 22.8 Å². The van der Waals surface area contributed by atoms with Crippen LogP contribution >= 0.6 is 0 Å². The average molecular weight is 262 g/mol. The van der Waals surface area contributed by atoms with Gasteiger partial charge in [-0.2, -0.15) is 0 Å². The molecule has 2 aliphatic rings. The van der Waals surface area contributed by atoms with E-state index in [1.54, 1.807) is 6.07 Å². The molecule has 3 rings (SSSR count). The fourth-order valence-electron chi connectivity index (χ4n) is 3.53. The van der Waals surface area contributed by atoms with Crippen molar-refractivity contribution in [2.24, 2.45) is 0 Å². The van der Waals surface area contributed by atoms with Crippen molar-refractivity contribution in [2.45, 2.75) is 64.1 Å². The molecule has 1 saturated carbocycles. The van der Waals surface area contributed by atoms with E-state index in [9.17, 15) is 10.2 Å². The highest BCUT2D eigenvalue weighted by Gasteiger charge is 2.46. The molecule has 1 aromatic carbocycles. The number of phenols is 1. The van der Waals surface area contributed by atoms with E-state index < -0.39 is 6.10 Å². The van der Waals surface area contributed by atoms with E-state index in [4.69, 9.17) is 4.74 Å². The number of aromatic hydroxyl groups is 1. The molecule has 19 heavy (non-hydrogen) atoms. The number of hydrogen-bond donors (Lipinski definition) is 2. The van der Waals surface area contributed by atoms with Gasteiger partial charge in [-0.05, 0) is 43.7 Å². The molecule has 1 atom stereocenters. The predicted molar refractivity (Wildman–Crippen MR) is 73.7 cm³/mol. The van der Waals surface area contributed by atoms with Gasteiger partial charge >= 0.3 is 0 Å². The molecular weight excluding hydrogens is 240 g/mol. The van der Waals surface area contributed by atoms with E-state index in [1.165, 1.54) is 6.42 Å². The zero-order valence-corrected chi connectivity index (χ0v) is 11.9. The van der Waals surface area contributed by atoms with E-state index in [-0.39, 0.29) is 17.3 Å². The van der Waals surface area contributed by atoms with Crippen LogP contribution in [0.5, 0.6) is 11.5 Å². The average Bonchev–Trinajstić information content (AvgIpc) is 2.28. The van der Waals surface area contributed by atoms with Crippen molar-refractivity contribution in [1.82, 2.24) is 0 Å². The molecule has 104 valence electrons. The molecule has 2 N–H and O–H groups in total. The van der Waals surface area contributed by atoms with Gasteiger partial charge in [0.1, 0.15) is 17.1 Å². The molecule has 1 aromatic rings. The minimum Gasteiger partial charge on any atom is -0.508 e. The first-order valence-electron chi connectivity index (χ1n) is 7.17. The first kappa shape index (κ1) is 12.8. The molecule has 0 radical (unpaired) electrons. The molecule has 1 heterocycles. The Labute approximate surface area is 114 Å². The number of rotatable bonds is 1. The highest BCUT2D eigenvalue weighted by molar-refractivity contribution is 5.55. The van der Waals surface area contributed by atoms with E-state index in [0.29, 0.717) is 6.42 Å². The molecule has 0 aromatic heterocycles. The summed E-state index contributed by atoms with van der Waals surface area (Å²) < 4.78 is 6.23. The van der Waals surface area contributed by atoms with Crippen LogP contribution in [0.15, 0.2) is 6.07 Å². The maximum atomic E-state index is 10.3. The molecular formula is C16H22O3. The van der Waals surface area contributed by atoms with Crippen molar-refractivity contribution in [3.63, 3.8) is 0 Å². The third-order valence-corrected chi connectivity index (χ3v) is 4.66. The van der Waals surface area contributed by atoms with Crippen molar-refractivity contribution in [2.75, 3.05) is 0 Å². The van der Waals surface area contributed by atoms with Crippen LogP contribution in [0.2, 0.25) is 0 Å². The van der Waals surface area contributed by atoms with Gasteiger partial charge in [0, 0.05) is 17.5 Å². The fraction of sp³-hybridized carbons (Fsp3) is 0.625. The number of aliphatic hydroxyl groups is 1. The normalized spacial score (nSPS) is 23.9. The van der Waals surface area contributed by atoms with Crippen molar-refractivity contribution >= 4 is 0 Å². The summed E-state index contributed by atoms with van der Waals surface area (Å²) in [5, 5.41) is 20.5. The maximum Gasteiger partial charge on any atom is 0.129 e. The Balaban J connectivity index is 2.12. The maximum absolute atomic E-state index is 10.3. The Morgan fingerprint density at radius 3 is 2.58 bits per heavy atom. The molecule has 0 amide bonds. The summed E-state index contributed by atoms with van der Waals surface area (Å²) in [4.78, 5) is 0. The molecule has 1 aliphatic carbocycles. The molecule has 1 fully saturated rings. The van der Waals surface area contributed by atoms with Gasteiger partial charge in [-0.3, -0.25) is 0 Å². The van der Waals surface area contributed by atoms with Crippen LogP contribution in [0.1, 0.15) is 68.2 Å². The standard InChI is InChI=1S/C16H22O3/c1-9(2)14-10(3)15-11(7-12(14)17)13(18)8-16(19-15)5-4-6-16/h7,9,13,17-18H,4-6,8H2,1-3H3. The Hall–Kier alpha value is -1.22. The lowest BCUT2D eigenvalue weighted by Gasteiger charge is -2.47. The second kappa shape index (κ2) is 4.14. The minimum atomic E-state index is -0.519.